The van der Waals surface area contributed by atoms with Crippen molar-refractivity contribution in [3.8, 4) is 0 Å². The Hall–Kier alpha value is -1.43. The molecule has 0 saturated carbocycles. The van der Waals surface area contributed by atoms with Gasteiger partial charge >= 0.3 is 0 Å². The first-order valence-corrected chi connectivity index (χ1v) is 7.80. The number of nitrogens with zero attached hydrogens (tertiary/aromatic N) is 1. The summed E-state index contributed by atoms with van der Waals surface area (Å²) in [6.45, 7) is 4.12. The van der Waals surface area contributed by atoms with Crippen LogP contribution in [-0.2, 0) is 15.1 Å². The molecule has 0 spiro atoms. The number of carbonyl (C=O) groups excluding carboxylic acids is 1. The summed E-state index contributed by atoms with van der Waals surface area (Å²) in [5.74, 6) is 0.141. The van der Waals surface area contributed by atoms with Gasteiger partial charge in [0.25, 0.3) is 0 Å². The maximum Gasteiger partial charge on any atom is 0.222 e. The van der Waals surface area contributed by atoms with E-state index in [0.717, 1.165) is 18.5 Å². The summed E-state index contributed by atoms with van der Waals surface area (Å²) in [5.41, 5.74) is 0.743. The minimum atomic E-state index is -0.582. The maximum atomic E-state index is 11.6. The minimum absolute atomic E-state index is 0.141. The average Bonchev–Trinajstić information content (AvgIpc) is 2.92. The smallest absolute Gasteiger partial charge is 0.222 e. The van der Waals surface area contributed by atoms with E-state index in [1.807, 2.05) is 30.3 Å². The van der Waals surface area contributed by atoms with Crippen LogP contribution in [0.4, 0.5) is 0 Å². The number of likely N-dealkylation sites (tertiary alicyclic amines) is 1. The highest BCUT2D eigenvalue weighted by atomic mass is 16.5. The van der Waals surface area contributed by atoms with Crippen molar-refractivity contribution in [1.29, 1.82) is 0 Å². The van der Waals surface area contributed by atoms with E-state index in [9.17, 15) is 9.90 Å². The van der Waals surface area contributed by atoms with Gasteiger partial charge in [0, 0.05) is 33.2 Å². The fourth-order valence-electron chi connectivity index (χ4n) is 2.89. The highest BCUT2D eigenvalue weighted by Crippen LogP contribution is 2.21. The van der Waals surface area contributed by atoms with E-state index in [2.05, 4.69) is 12.2 Å². The lowest BCUT2D eigenvalue weighted by Gasteiger charge is -2.32. The average molecular weight is 306 g/mol. The highest BCUT2D eigenvalue weighted by Gasteiger charge is 2.28. The predicted octanol–water partition coefficient (Wildman–Crippen LogP) is 1.12. The zero-order valence-electron chi connectivity index (χ0n) is 13.4. The molecule has 2 N–H and O–H groups in total. The largest absolute Gasteiger partial charge is 0.390 e. The molecule has 1 fully saturated rings. The molecule has 1 aliphatic rings. The Kier molecular flexibility index (Phi) is 5.94. The molecule has 2 unspecified atom stereocenters. The van der Waals surface area contributed by atoms with Crippen molar-refractivity contribution in [2.75, 3.05) is 33.4 Å². The van der Waals surface area contributed by atoms with Crippen LogP contribution >= 0.6 is 0 Å². The molecule has 1 aromatic rings. The Labute approximate surface area is 132 Å². The van der Waals surface area contributed by atoms with Crippen LogP contribution in [0.25, 0.3) is 0 Å². The number of rotatable bonds is 8. The predicted molar refractivity (Wildman–Crippen MR) is 85.5 cm³/mol. The fraction of sp³-hybridized carbons (Fsp3) is 0.588. The lowest BCUT2D eigenvalue weighted by molar-refractivity contribution is -0.128. The van der Waals surface area contributed by atoms with Crippen molar-refractivity contribution in [1.82, 2.24) is 10.2 Å². The Morgan fingerprint density at radius 2 is 2.14 bits per heavy atom. The molecule has 1 heterocycles. The van der Waals surface area contributed by atoms with Crippen LogP contribution in [0.5, 0.6) is 0 Å². The lowest BCUT2D eigenvalue weighted by atomic mass is 9.92. The van der Waals surface area contributed by atoms with Crippen LogP contribution in [0.3, 0.4) is 0 Å². The molecule has 2 rings (SSSR count). The van der Waals surface area contributed by atoms with Gasteiger partial charge in [-0.2, -0.15) is 0 Å². The third-order valence-electron chi connectivity index (χ3n) is 4.17. The Bertz CT molecular complexity index is 480. The van der Waals surface area contributed by atoms with Gasteiger partial charge in [0.2, 0.25) is 5.91 Å². The van der Waals surface area contributed by atoms with Crippen molar-refractivity contribution >= 4 is 5.91 Å². The molecule has 1 amide bonds. The Morgan fingerprint density at radius 1 is 1.41 bits per heavy atom. The second-order valence-electron chi connectivity index (χ2n) is 6.11. The summed E-state index contributed by atoms with van der Waals surface area (Å²) < 4.78 is 5.34. The van der Waals surface area contributed by atoms with Gasteiger partial charge in [-0.15, -0.1) is 0 Å². The molecular formula is C17H26N2O3. The van der Waals surface area contributed by atoms with Crippen molar-refractivity contribution in [2.24, 2.45) is 0 Å². The van der Waals surface area contributed by atoms with Crippen LogP contribution in [0.15, 0.2) is 30.3 Å². The fourth-order valence-corrected chi connectivity index (χ4v) is 2.89. The Balaban J connectivity index is 1.92. The number of benzene rings is 1. The SMILES string of the molecule is COCC(C)(NCC(O)CN1CCCC1=O)c1ccccc1. The molecule has 122 valence electrons. The third kappa shape index (κ3) is 4.29. The zero-order valence-corrected chi connectivity index (χ0v) is 13.4. The summed E-state index contributed by atoms with van der Waals surface area (Å²) >= 11 is 0. The quantitative estimate of drug-likeness (QED) is 0.755. The summed E-state index contributed by atoms with van der Waals surface area (Å²) in [6, 6.07) is 10.0. The lowest BCUT2D eigenvalue weighted by Crippen LogP contribution is -2.48. The minimum Gasteiger partial charge on any atom is -0.390 e. The van der Waals surface area contributed by atoms with E-state index in [1.165, 1.54) is 0 Å². The molecule has 0 radical (unpaired) electrons. The van der Waals surface area contributed by atoms with Gasteiger partial charge in [0.15, 0.2) is 0 Å². The molecule has 1 aliphatic heterocycles. The van der Waals surface area contributed by atoms with Gasteiger partial charge < -0.3 is 20.1 Å². The number of hydrogen-bond donors (Lipinski definition) is 2. The number of hydrogen-bond acceptors (Lipinski definition) is 4. The number of nitrogens with one attached hydrogen (secondary N) is 1. The van der Waals surface area contributed by atoms with Crippen LogP contribution in [0, 0.1) is 0 Å². The topological polar surface area (TPSA) is 61.8 Å². The van der Waals surface area contributed by atoms with Crippen LogP contribution in [0.1, 0.15) is 25.3 Å². The van der Waals surface area contributed by atoms with Gasteiger partial charge in [-0.25, -0.2) is 0 Å². The summed E-state index contributed by atoms with van der Waals surface area (Å²) in [6.07, 6.45) is 0.914. The van der Waals surface area contributed by atoms with Gasteiger partial charge in [0.05, 0.1) is 18.2 Å². The molecule has 1 aromatic carbocycles. The first-order chi connectivity index (χ1) is 10.5. The van der Waals surface area contributed by atoms with E-state index in [-0.39, 0.29) is 11.4 Å². The number of aliphatic hydroxyl groups excluding tert-OH is 1. The van der Waals surface area contributed by atoms with Gasteiger partial charge in [-0.1, -0.05) is 30.3 Å². The molecule has 22 heavy (non-hydrogen) atoms. The maximum absolute atomic E-state index is 11.6. The van der Waals surface area contributed by atoms with Gasteiger partial charge in [0.1, 0.15) is 0 Å². The van der Waals surface area contributed by atoms with E-state index >= 15 is 0 Å². The zero-order chi connectivity index (χ0) is 16.0. The normalized spacial score (nSPS) is 19.2. The monoisotopic (exact) mass is 306 g/mol. The van der Waals surface area contributed by atoms with Crippen LogP contribution in [0.2, 0.25) is 0 Å². The van der Waals surface area contributed by atoms with Crippen molar-refractivity contribution in [2.45, 2.75) is 31.4 Å². The molecule has 0 bridgehead atoms. The number of aliphatic hydroxyl groups is 1. The first-order valence-electron chi connectivity index (χ1n) is 7.80. The molecule has 0 aliphatic carbocycles. The Morgan fingerprint density at radius 3 is 2.73 bits per heavy atom. The van der Waals surface area contributed by atoms with E-state index in [1.54, 1.807) is 12.0 Å². The summed E-state index contributed by atoms with van der Waals surface area (Å²) in [4.78, 5) is 13.3. The molecule has 5 heteroatoms. The first kappa shape index (κ1) is 16.9. The van der Waals surface area contributed by atoms with Gasteiger partial charge in [-0.05, 0) is 18.9 Å². The summed E-state index contributed by atoms with van der Waals surface area (Å²) in [5, 5.41) is 13.6. The van der Waals surface area contributed by atoms with E-state index in [4.69, 9.17) is 4.74 Å². The van der Waals surface area contributed by atoms with Crippen LogP contribution in [-0.4, -0.2) is 55.4 Å². The van der Waals surface area contributed by atoms with Crippen molar-refractivity contribution in [3.63, 3.8) is 0 Å². The highest BCUT2D eigenvalue weighted by molar-refractivity contribution is 5.78. The van der Waals surface area contributed by atoms with Gasteiger partial charge in [-0.3, -0.25) is 4.79 Å². The summed E-state index contributed by atoms with van der Waals surface area (Å²) in [7, 11) is 1.67. The standard InChI is InChI=1S/C17H26N2O3/c1-17(13-22-2,14-7-4-3-5-8-14)18-11-15(20)12-19-10-6-9-16(19)21/h3-5,7-8,15,18,20H,6,9-13H2,1-2H3. The number of carbonyl (C=O) groups is 1. The number of β-amino-alcohol motifs (C(OH)–C–C–N with tert-alkyl or cyclic N) is 1. The second kappa shape index (κ2) is 7.72. The third-order valence-corrected chi connectivity index (χ3v) is 4.17. The van der Waals surface area contributed by atoms with E-state index in [0.29, 0.717) is 26.1 Å². The molecule has 0 aromatic heterocycles. The molecule has 1 saturated heterocycles. The molecule has 5 nitrogen and oxygen atoms in total. The van der Waals surface area contributed by atoms with E-state index < -0.39 is 6.10 Å². The molecular weight excluding hydrogens is 280 g/mol. The van der Waals surface area contributed by atoms with Crippen molar-refractivity contribution < 1.29 is 14.6 Å². The second-order valence-corrected chi connectivity index (χ2v) is 6.11. The van der Waals surface area contributed by atoms with Crippen molar-refractivity contribution in [3.05, 3.63) is 35.9 Å². The van der Waals surface area contributed by atoms with Crippen LogP contribution < -0.4 is 5.32 Å². The number of amides is 1. The number of methoxy groups -OCH3 is 1. The number of ether oxygens (including phenoxy) is 1. The molecule has 2 atom stereocenters.